The molecule has 6 heteroatoms. The molecule has 2 amide bonds. The number of carbonyl (C=O) groups is 1. The van der Waals surface area contributed by atoms with Crippen molar-refractivity contribution in [2.45, 2.75) is 34.1 Å². The van der Waals surface area contributed by atoms with E-state index >= 15 is 0 Å². The Hall–Kier alpha value is -2.89. The number of hydrogen-bond acceptors (Lipinski definition) is 4. The summed E-state index contributed by atoms with van der Waals surface area (Å²) in [7, 11) is 0. The van der Waals surface area contributed by atoms with E-state index in [4.69, 9.17) is 14.2 Å². The van der Waals surface area contributed by atoms with Crippen LogP contribution in [0.1, 0.15) is 31.9 Å². The summed E-state index contributed by atoms with van der Waals surface area (Å²) in [6.07, 6.45) is 0.776. The zero-order chi connectivity index (χ0) is 20.4. The van der Waals surface area contributed by atoms with Crippen molar-refractivity contribution in [3.05, 3.63) is 47.5 Å². The first kappa shape index (κ1) is 21.4. The molecule has 0 aromatic heterocycles. The van der Waals surface area contributed by atoms with Gasteiger partial charge in [-0.2, -0.15) is 0 Å². The summed E-state index contributed by atoms with van der Waals surface area (Å²) in [4.78, 5) is 12.3. The Balaban J connectivity index is 2.04. The van der Waals surface area contributed by atoms with Crippen LogP contribution in [-0.2, 0) is 6.42 Å². The number of carbonyl (C=O) groups excluding carboxylic acids is 1. The second-order valence-electron chi connectivity index (χ2n) is 6.16. The van der Waals surface area contributed by atoms with E-state index in [1.807, 2.05) is 32.9 Å². The molecule has 0 saturated heterocycles. The number of aryl methyl sites for hydroxylation is 1. The summed E-state index contributed by atoms with van der Waals surface area (Å²) < 4.78 is 17.0. The predicted molar refractivity (Wildman–Crippen MR) is 112 cm³/mol. The van der Waals surface area contributed by atoms with Crippen LogP contribution in [0, 0.1) is 6.92 Å². The molecule has 0 aliphatic heterocycles. The number of urea groups is 1. The lowest BCUT2D eigenvalue weighted by molar-refractivity contribution is 0.252. The van der Waals surface area contributed by atoms with Gasteiger partial charge in [0.25, 0.3) is 0 Å². The van der Waals surface area contributed by atoms with E-state index in [9.17, 15) is 4.79 Å². The van der Waals surface area contributed by atoms with Crippen LogP contribution < -0.4 is 24.8 Å². The molecule has 0 radical (unpaired) electrons. The smallest absolute Gasteiger partial charge is 0.319 e. The Kier molecular flexibility index (Phi) is 8.46. The average Bonchev–Trinajstić information content (AvgIpc) is 2.66. The molecule has 0 heterocycles. The maximum absolute atomic E-state index is 12.3. The third kappa shape index (κ3) is 6.08. The molecule has 0 saturated carbocycles. The zero-order valence-electron chi connectivity index (χ0n) is 17.1. The van der Waals surface area contributed by atoms with E-state index in [-0.39, 0.29) is 6.03 Å². The number of rotatable bonds is 10. The van der Waals surface area contributed by atoms with Crippen LogP contribution in [0.25, 0.3) is 0 Å². The van der Waals surface area contributed by atoms with E-state index in [1.165, 1.54) is 11.1 Å². The second-order valence-corrected chi connectivity index (χ2v) is 6.16. The van der Waals surface area contributed by atoms with Crippen LogP contribution in [0.5, 0.6) is 17.2 Å². The second kappa shape index (κ2) is 11.1. The van der Waals surface area contributed by atoms with E-state index in [0.29, 0.717) is 49.3 Å². The largest absolute Gasteiger partial charge is 0.490 e. The van der Waals surface area contributed by atoms with Gasteiger partial charge in [-0.25, -0.2) is 4.79 Å². The minimum Gasteiger partial charge on any atom is -0.490 e. The Morgan fingerprint density at radius 3 is 2.11 bits per heavy atom. The summed E-state index contributed by atoms with van der Waals surface area (Å²) >= 11 is 0. The van der Waals surface area contributed by atoms with Crippen LogP contribution in [0.3, 0.4) is 0 Å². The van der Waals surface area contributed by atoms with E-state index in [2.05, 4.69) is 29.7 Å². The van der Waals surface area contributed by atoms with Gasteiger partial charge in [-0.3, -0.25) is 0 Å². The number of nitrogens with one attached hydrogen (secondary N) is 2. The summed E-state index contributed by atoms with van der Waals surface area (Å²) in [6, 6.07) is 11.4. The van der Waals surface area contributed by atoms with Gasteiger partial charge < -0.3 is 24.8 Å². The van der Waals surface area contributed by atoms with Gasteiger partial charge in [0, 0.05) is 18.7 Å². The van der Waals surface area contributed by atoms with E-state index in [0.717, 1.165) is 6.42 Å². The van der Waals surface area contributed by atoms with Crippen molar-refractivity contribution in [1.29, 1.82) is 0 Å². The summed E-state index contributed by atoms with van der Waals surface area (Å²) in [5.41, 5.74) is 3.03. The van der Waals surface area contributed by atoms with Crippen LogP contribution in [0.2, 0.25) is 0 Å². The molecule has 0 fully saturated rings. The van der Waals surface area contributed by atoms with Gasteiger partial charge in [-0.05, 0) is 45.2 Å². The lowest BCUT2D eigenvalue weighted by atomic mass is 10.1. The highest BCUT2D eigenvalue weighted by Gasteiger charge is 2.16. The molecular formula is C22H30N2O4. The maximum Gasteiger partial charge on any atom is 0.319 e. The highest BCUT2D eigenvalue weighted by molar-refractivity contribution is 5.90. The highest BCUT2D eigenvalue weighted by Crippen LogP contribution is 2.40. The third-order valence-electron chi connectivity index (χ3n) is 4.11. The van der Waals surface area contributed by atoms with Gasteiger partial charge in [-0.1, -0.05) is 24.3 Å². The summed E-state index contributed by atoms with van der Waals surface area (Å²) in [5, 5.41) is 5.73. The predicted octanol–water partition coefficient (Wildman–Crippen LogP) is 4.56. The fourth-order valence-corrected chi connectivity index (χ4v) is 2.84. The van der Waals surface area contributed by atoms with E-state index < -0.39 is 0 Å². The van der Waals surface area contributed by atoms with Crippen molar-refractivity contribution < 1.29 is 19.0 Å². The molecular weight excluding hydrogens is 356 g/mol. The molecule has 2 aromatic rings. The molecule has 0 aliphatic carbocycles. The summed E-state index contributed by atoms with van der Waals surface area (Å²) in [5.74, 6) is 1.65. The van der Waals surface area contributed by atoms with Gasteiger partial charge in [0.2, 0.25) is 5.75 Å². The SMILES string of the molecule is CCOc1cc(NC(=O)NCCc2ccccc2C)cc(OCC)c1OCC. The minimum absolute atomic E-state index is 0.275. The third-order valence-corrected chi connectivity index (χ3v) is 4.11. The van der Waals surface area contributed by atoms with Crippen molar-refractivity contribution in [3.63, 3.8) is 0 Å². The number of anilines is 1. The molecule has 2 N–H and O–H groups in total. The number of ether oxygens (including phenoxy) is 3. The molecule has 152 valence electrons. The minimum atomic E-state index is -0.275. The topological polar surface area (TPSA) is 68.8 Å². The van der Waals surface area contributed by atoms with E-state index in [1.54, 1.807) is 12.1 Å². The lowest BCUT2D eigenvalue weighted by Gasteiger charge is -2.17. The standard InChI is InChI=1S/C22H30N2O4/c1-5-26-19-14-18(15-20(27-6-2)21(19)28-7-3)24-22(25)23-13-12-17-11-9-8-10-16(17)4/h8-11,14-15H,5-7,12-13H2,1-4H3,(H2,23,24,25). The van der Waals surface area contributed by atoms with Crippen LogP contribution in [0.15, 0.2) is 36.4 Å². The molecule has 2 rings (SSSR count). The van der Waals surface area contributed by atoms with Crippen molar-refractivity contribution >= 4 is 11.7 Å². The molecule has 0 unspecified atom stereocenters. The Labute approximate surface area is 167 Å². The molecule has 2 aromatic carbocycles. The quantitative estimate of drug-likeness (QED) is 0.628. The number of benzene rings is 2. The number of amides is 2. The fraction of sp³-hybridized carbons (Fsp3) is 0.409. The Bertz CT molecular complexity index is 750. The van der Waals surface area contributed by atoms with Crippen LogP contribution in [-0.4, -0.2) is 32.4 Å². The van der Waals surface area contributed by atoms with Gasteiger partial charge in [-0.15, -0.1) is 0 Å². The van der Waals surface area contributed by atoms with Crippen molar-refractivity contribution in [2.75, 3.05) is 31.7 Å². The van der Waals surface area contributed by atoms with Gasteiger partial charge >= 0.3 is 6.03 Å². The zero-order valence-corrected chi connectivity index (χ0v) is 17.1. The van der Waals surface area contributed by atoms with Crippen molar-refractivity contribution in [2.24, 2.45) is 0 Å². The highest BCUT2D eigenvalue weighted by atomic mass is 16.5. The fourth-order valence-electron chi connectivity index (χ4n) is 2.84. The van der Waals surface area contributed by atoms with Gasteiger partial charge in [0.1, 0.15) is 0 Å². The molecule has 6 nitrogen and oxygen atoms in total. The molecule has 28 heavy (non-hydrogen) atoms. The summed E-state index contributed by atoms with van der Waals surface area (Å²) in [6.45, 7) is 9.77. The molecule has 0 bridgehead atoms. The molecule has 0 spiro atoms. The first-order valence-electron chi connectivity index (χ1n) is 9.74. The lowest BCUT2D eigenvalue weighted by Crippen LogP contribution is -2.30. The molecule has 0 aliphatic rings. The average molecular weight is 386 g/mol. The van der Waals surface area contributed by atoms with Crippen LogP contribution >= 0.6 is 0 Å². The first-order chi connectivity index (χ1) is 13.6. The van der Waals surface area contributed by atoms with Crippen molar-refractivity contribution in [1.82, 2.24) is 5.32 Å². The van der Waals surface area contributed by atoms with Crippen LogP contribution in [0.4, 0.5) is 10.5 Å². The maximum atomic E-state index is 12.3. The monoisotopic (exact) mass is 386 g/mol. The van der Waals surface area contributed by atoms with Crippen molar-refractivity contribution in [3.8, 4) is 17.2 Å². The van der Waals surface area contributed by atoms with Gasteiger partial charge in [0.05, 0.1) is 25.5 Å². The Morgan fingerprint density at radius 1 is 0.929 bits per heavy atom. The number of hydrogen-bond donors (Lipinski definition) is 2. The van der Waals surface area contributed by atoms with Gasteiger partial charge in [0.15, 0.2) is 11.5 Å². The normalized spacial score (nSPS) is 10.3. The first-order valence-corrected chi connectivity index (χ1v) is 9.74. The molecule has 0 atom stereocenters. The Morgan fingerprint density at radius 2 is 1.54 bits per heavy atom.